The summed E-state index contributed by atoms with van der Waals surface area (Å²) in [6.45, 7) is 1.92. The van der Waals surface area contributed by atoms with Crippen LogP contribution < -0.4 is 11.1 Å². The Kier molecular flexibility index (Phi) is 2.77. The number of hydrogen-bond donors (Lipinski definition) is 2. The fourth-order valence-corrected chi connectivity index (χ4v) is 1.92. The van der Waals surface area contributed by atoms with E-state index in [0.29, 0.717) is 0 Å². The second kappa shape index (κ2) is 4.23. The molecule has 2 aromatic carbocycles. The molecule has 0 spiro atoms. The van der Waals surface area contributed by atoms with Gasteiger partial charge < -0.3 is 11.1 Å². The molecule has 0 aromatic heterocycles. The predicted molar refractivity (Wildman–Crippen MR) is 65.1 cm³/mol. The predicted octanol–water partition coefficient (Wildman–Crippen LogP) is 2.57. The number of benzene rings is 2. The molecule has 0 bridgehead atoms. The minimum Gasteiger partial charge on any atom is -0.352 e. The highest BCUT2D eigenvalue weighted by molar-refractivity contribution is 5.86. The van der Waals surface area contributed by atoms with Crippen LogP contribution in [0.5, 0.6) is 0 Å². The largest absolute Gasteiger partial charge is 0.352 e. The van der Waals surface area contributed by atoms with Gasteiger partial charge in [-0.1, -0.05) is 42.5 Å². The number of carbonyl (C=O) groups is 1. The lowest BCUT2D eigenvalue weighted by atomic mass is 10.00. The molecular weight excluding hydrogens is 200 g/mol. The Morgan fingerprint density at radius 1 is 1.19 bits per heavy atom. The Hall–Kier alpha value is -2.03. The highest BCUT2D eigenvalue weighted by Crippen LogP contribution is 2.23. The van der Waals surface area contributed by atoms with Crippen LogP contribution in [0.2, 0.25) is 0 Å². The van der Waals surface area contributed by atoms with Gasteiger partial charge in [-0.3, -0.25) is 0 Å². The molecular formula is C13H14N2O. The van der Waals surface area contributed by atoms with Crippen LogP contribution in [0.25, 0.3) is 10.8 Å². The van der Waals surface area contributed by atoms with Crippen LogP contribution in [0.3, 0.4) is 0 Å². The van der Waals surface area contributed by atoms with Crippen LogP contribution in [-0.2, 0) is 0 Å². The van der Waals surface area contributed by atoms with Crippen LogP contribution in [0.1, 0.15) is 18.5 Å². The van der Waals surface area contributed by atoms with Crippen molar-refractivity contribution in [2.45, 2.75) is 13.0 Å². The molecule has 1 atom stereocenters. The van der Waals surface area contributed by atoms with Gasteiger partial charge in [0, 0.05) is 0 Å². The molecule has 3 N–H and O–H groups in total. The summed E-state index contributed by atoms with van der Waals surface area (Å²) in [5, 5.41) is 5.00. The Bertz CT molecular complexity index is 517. The average molecular weight is 214 g/mol. The van der Waals surface area contributed by atoms with Gasteiger partial charge in [0.25, 0.3) is 0 Å². The lowest BCUT2D eigenvalue weighted by Crippen LogP contribution is -2.31. The van der Waals surface area contributed by atoms with Crippen molar-refractivity contribution in [1.29, 1.82) is 0 Å². The number of hydrogen-bond acceptors (Lipinski definition) is 1. The molecule has 0 fully saturated rings. The maximum absolute atomic E-state index is 10.8. The lowest BCUT2D eigenvalue weighted by molar-refractivity contribution is 0.246. The number of nitrogens with two attached hydrogens (primary N) is 1. The van der Waals surface area contributed by atoms with E-state index in [9.17, 15) is 4.79 Å². The lowest BCUT2D eigenvalue weighted by Gasteiger charge is -2.14. The first-order valence-electron chi connectivity index (χ1n) is 5.22. The average Bonchev–Trinajstić information content (AvgIpc) is 2.27. The normalized spacial score (nSPS) is 12.3. The number of rotatable bonds is 2. The monoisotopic (exact) mass is 214 g/mol. The third-order valence-corrected chi connectivity index (χ3v) is 2.65. The second-order valence-electron chi connectivity index (χ2n) is 3.80. The van der Waals surface area contributed by atoms with Gasteiger partial charge in [0.2, 0.25) is 0 Å². The fourth-order valence-electron chi connectivity index (χ4n) is 1.92. The van der Waals surface area contributed by atoms with Gasteiger partial charge in [-0.25, -0.2) is 4.79 Å². The molecule has 3 nitrogen and oxygen atoms in total. The maximum atomic E-state index is 10.8. The molecule has 2 amide bonds. The minimum atomic E-state index is -0.500. The number of primary amides is 1. The van der Waals surface area contributed by atoms with Gasteiger partial charge in [0.1, 0.15) is 0 Å². The van der Waals surface area contributed by atoms with E-state index in [4.69, 9.17) is 5.73 Å². The van der Waals surface area contributed by atoms with Gasteiger partial charge in [-0.05, 0) is 23.3 Å². The zero-order valence-corrected chi connectivity index (χ0v) is 9.10. The summed E-state index contributed by atoms with van der Waals surface area (Å²) in [4.78, 5) is 10.8. The van der Waals surface area contributed by atoms with Gasteiger partial charge >= 0.3 is 6.03 Å². The molecule has 0 radical (unpaired) electrons. The van der Waals surface area contributed by atoms with E-state index in [0.717, 1.165) is 16.3 Å². The fraction of sp³-hybridized carbons (Fsp3) is 0.154. The van der Waals surface area contributed by atoms with E-state index in [1.54, 1.807) is 0 Å². The molecule has 0 aliphatic rings. The summed E-state index contributed by atoms with van der Waals surface area (Å²) in [5.74, 6) is 0. The van der Waals surface area contributed by atoms with Gasteiger partial charge in [-0.15, -0.1) is 0 Å². The number of nitrogens with one attached hydrogen (secondary N) is 1. The summed E-state index contributed by atoms with van der Waals surface area (Å²) < 4.78 is 0. The van der Waals surface area contributed by atoms with Crippen molar-refractivity contribution < 1.29 is 4.79 Å². The Morgan fingerprint density at radius 2 is 1.88 bits per heavy atom. The summed E-state index contributed by atoms with van der Waals surface area (Å²) in [6.07, 6.45) is 0. The van der Waals surface area contributed by atoms with Crippen LogP contribution >= 0.6 is 0 Å². The number of fused-ring (bicyclic) bond motifs is 1. The smallest absolute Gasteiger partial charge is 0.312 e. The van der Waals surface area contributed by atoms with Crippen molar-refractivity contribution in [3.63, 3.8) is 0 Å². The summed E-state index contributed by atoms with van der Waals surface area (Å²) in [7, 11) is 0. The van der Waals surface area contributed by atoms with E-state index >= 15 is 0 Å². The van der Waals surface area contributed by atoms with Crippen molar-refractivity contribution in [1.82, 2.24) is 5.32 Å². The quantitative estimate of drug-likeness (QED) is 0.793. The molecule has 0 aliphatic carbocycles. The summed E-state index contributed by atoms with van der Waals surface area (Å²) in [6, 6.07) is 13.5. The van der Waals surface area contributed by atoms with E-state index < -0.39 is 6.03 Å². The zero-order valence-electron chi connectivity index (χ0n) is 9.10. The van der Waals surface area contributed by atoms with E-state index in [1.807, 2.05) is 37.3 Å². The third kappa shape index (κ3) is 1.98. The standard InChI is InChI=1S/C13H14N2O/c1-9(15-13(14)16)11-8-4-6-10-5-2-3-7-12(10)11/h2-9H,1H3,(H3,14,15,16). The molecule has 1 unspecified atom stereocenters. The van der Waals surface area contributed by atoms with E-state index in [-0.39, 0.29) is 6.04 Å². The highest BCUT2D eigenvalue weighted by atomic mass is 16.2. The molecule has 0 saturated heterocycles. The summed E-state index contributed by atoms with van der Waals surface area (Å²) >= 11 is 0. The molecule has 2 aromatic rings. The Balaban J connectivity index is 2.47. The van der Waals surface area contributed by atoms with E-state index in [1.165, 1.54) is 0 Å². The Morgan fingerprint density at radius 3 is 2.62 bits per heavy atom. The van der Waals surface area contributed by atoms with Crippen LogP contribution in [-0.4, -0.2) is 6.03 Å². The van der Waals surface area contributed by atoms with Gasteiger partial charge in [0.15, 0.2) is 0 Å². The van der Waals surface area contributed by atoms with Crippen LogP contribution in [0.4, 0.5) is 4.79 Å². The highest BCUT2D eigenvalue weighted by Gasteiger charge is 2.09. The molecule has 16 heavy (non-hydrogen) atoms. The number of urea groups is 1. The second-order valence-corrected chi connectivity index (χ2v) is 3.80. The SMILES string of the molecule is CC(NC(N)=O)c1cccc2ccccc12. The molecule has 3 heteroatoms. The first kappa shape index (κ1) is 10.5. The summed E-state index contributed by atoms with van der Waals surface area (Å²) in [5.41, 5.74) is 6.21. The minimum absolute atomic E-state index is 0.0800. The zero-order chi connectivity index (χ0) is 11.5. The maximum Gasteiger partial charge on any atom is 0.312 e. The van der Waals surface area contributed by atoms with Crippen molar-refractivity contribution >= 4 is 16.8 Å². The van der Waals surface area contributed by atoms with Crippen molar-refractivity contribution in [3.05, 3.63) is 48.0 Å². The first-order chi connectivity index (χ1) is 7.68. The molecule has 2 rings (SSSR count). The number of amides is 2. The van der Waals surface area contributed by atoms with Crippen LogP contribution in [0.15, 0.2) is 42.5 Å². The molecule has 82 valence electrons. The van der Waals surface area contributed by atoms with Crippen molar-refractivity contribution in [2.24, 2.45) is 5.73 Å². The van der Waals surface area contributed by atoms with E-state index in [2.05, 4.69) is 17.4 Å². The third-order valence-electron chi connectivity index (χ3n) is 2.65. The molecule has 0 heterocycles. The topological polar surface area (TPSA) is 55.1 Å². The van der Waals surface area contributed by atoms with Crippen molar-refractivity contribution in [2.75, 3.05) is 0 Å². The van der Waals surface area contributed by atoms with Gasteiger partial charge in [0.05, 0.1) is 6.04 Å². The molecule has 0 saturated carbocycles. The Labute approximate surface area is 94.3 Å². The molecule has 0 aliphatic heterocycles. The van der Waals surface area contributed by atoms with Gasteiger partial charge in [-0.2, -0.15) is 0 Å². The first-order valence-corrected chi connectivity index (χ1v) is 5.22. The van der Waals surface area contributed by atoms with Crippen molar-refractivity contribution in [3.8, 4) is 0 Å². The number of carbonyl (C=O) groups excluding carboxylic acids is 1. The van der Waals surface area contributed by atoms with Crippen LogP contribution in [0, 0.1) is 0 Å².